The van der Waals surface area contributed by atoms with E-state index in [4.69, 9.17) is 9.72 Å². The van der Waals surface area contributed by atoms with Crippen molar-refractivity contribution in [2.45, 2.75) is 26.8 Å². The summed E-state index contributed by atoms with van der Waals surface area (Å²) >= 11 is 5.19. The Morgan fingerprint density at radius 3 is 3.08 bits per heavy atom. The molecular formula is C17H17BrN4OS. The highest BCUT2D eigenvalue weighted by molar-refractivity contribution is 9.10. The molecule has 0 amide bonds. The van der Waals surface area contributed by atoms with Crippen molar-refractivity contribution in [2.24, 2.45) is 5.92 Å². The van der Waals surface area contributed by atoms with Gasteiger partial charge in [-0.05, 0) is 24.1 Å². The highest BCUT2D eigenvalue weighted by atomic mass is 79.9. The minimum atomic E-state index is 0.531. The largest absolute Gasteiger partial charge is 0.492 e. The first kappa shape index (κ1) is 15.8. The molecule has 1 aliphatic heterocycles. The lowest BCUT2D eigenvalue weighted by atomic mass is 10.1. The quantitative estimate of drug-likeness (QED) is 0.647. The second-order valence-electron chi connectivity index (χ2n) is 6.23. The van der Waals surface area contributed by atoms with Gasteiger partial charge in [-0.2, -0.15) is 0 Å². The average Bonchev–Trinajstić information content (AvgIpc) is 3.10. The molecule has 0 aliphatic carbocycles. The second kappa shape index (κ2) is 6.29. The van der Waals surface area contributed by atoms with Crippen molar-refractivity contribution >= 4 is 27.3 Å². The van der Waals surface area contributed by atoms with Crippen molar-refractivity contribution in [3.05, 3.63) is 33.9 Å². The lowest BCUT2D eigenvalue weighted by Crippen LogP contribution is -2.05. The molecule has 7 heteroatoms. The fourth-order valence-corrected chi connectivity index (χ4v) is 4.24. The van der Waals surface area contributed by atoms with Gasteiger partial charge < -0.3 is 9.30 Å². The van der Waals surface area contributed by atoms with Crippen molar-refractivity contribution in [1.29, 1.82) is 0 Å². The average molecular weight is 405 g/mol. The van der Waals surface area contributed by atoms with E-state index in [2.05, 4.69) is 50.6 Å². The molecule has 0 bridgehead atoms. The van der Waals surface area contributed by atoms with Gasteiger partial charge in [0, 0.05) is 27.9 Å². The lowest BCUT2D eigenvalue weighted by molar-refractivity contribution is 0.327. The third-order valence-corrected chi connectivity index (χ3v) is 5.46. The number of fused-ring (bicyclic) bond motifs is 3. The molecule has 0 atom stereocenters. The molecular weight excluding hydrogens is 388 g/mol. The molecule has 0 spiro atoms. The molecule has 0 radical (unpaired) electrons. The summed E-state index contributed by atoms with van der Waals surface area (Å²) in [6, 6.07) is 6.09. The molecule has 3 heterocycles. The van der Waals surface area contributed by atoms with E-state index in [0.29, 0.717) is 12.5 Å². The summed E-state index contributed by atoms with van der Waals surface area (Å²) < 4.78 is 8.98. The van der Waals surface area contributed by atoms with Crippen LogP contribution in [0.5, 0.6) is 5.75 Å². The number of hydrogen-bond donors (Lipinski definition) is 0. The van der Waals surface area contributed by atoms with E-state index in [1.165, 1.54) is 4.88 Å². The van der Waals surface area contributed by atoms with E-state index in [9.17, 15) is 0 Å². The smallest absolute Gasteiger partial charge is 0.192 e. The first-order chi connectivity index (χ1) is 11.6. The van der Waals surface area contributed by atoms with E-state index >= 15 is 0 Å². The van der Waals surface area contributed by atoms with Gasteiger partial charge >= 0.3 is 0 Å². The van der Waals surface area contributed by atoms with Gasteiger partial charge in [0.05, 0.1) is 12.3 Å². The maximum Gasteiger partial charge on any atom is 0.192 e. The Labute approximate surface area is 152 Å². The molecule has 0 saturated carbocycles. The van der Waals surface area contributed by atoms with Crippen LogP contribution in [0, 0.1) is 5.92 Å². The molecule has 4 rings (SSSR count). The molecule has 0 saturated heterocycles. The van der Waals surface area contributed by atoms with Gasteiger partial charge in [-0.15, -0.1) is 21.5 Å². The summed E-state index contributed by atoms with van der Waals surface area (Å²) in [5, 5.41) is 9.30. The Kier molecular flexibility index (Phi) is 4.14. The van der Waals surface area contributed by atoms with Gasteiger partial charge in [0.2, 0.25) is 0 Å². The number of benzene rings is 1. The zero-order valence-electron chi connectivity index (χ0n) is 13.5. The Morgan fingerprint density at radius 2 is 2.25 bits per heavy atom. The van der Waals surface area contributed by atoms with Crippen LogP contribution >= 0.6 is 27.3 Å². The van der Waals surface area contributed by atoms with E-state index in [0.717, 1.165) is 45.3 Å². The highest BCUT2D eigenvalue weighted by Gasteiger charge is 2.23. The zero-order chi connectivity index (χ0) is 16.7. The molecule has 5 nitrogen and oxygen atoms in total. The maximum absolute atomic E-state index is 5.88. The summed E-state index contributed by atoms with van der Waals surface area (Å²) in [7, 11) is 0. The number of nitrogens with zero attached hydrogens (tertiary/aromatic N) is 4. The third kappa shape index (κ3) is 2.86. The molecule has 2 aromatic heterocycles. The highest BCUT2D eigenvalue weighted by Crippen LogP contribution is 2.40. The number of rotatable bonds is 3. The fraction of sp³-hybridized carbons (Fsp3) is 0.353. The van der Waals surface area contributed by atoms with E-state index in [1.54, 1.807) is 17.7 Å². The number of thiazole rings is 1. The topological polar surface area (TPSA) is 52.8 Å². The van der Waals surface area contributed by atoms with Crippen LogP contribution < -0.4 is 4.74 Å². The van der Waals surface area contributed by atoms with Crippen LogP contribution in [0.2, 0.25) is 0 Å². The molecule has 0 fully saturated rings. The van der Waals surface area contributed by atoms with Gasteiger partial charge in [0.15, 0.2) is 10.8 Å². The van der Waals surface area contributed by atoms with Crippen molar-refractivity contribution < 1.29 is 4.74 Å². The Hall–Kier alpha value is -1.73. The Bertz CT molecular complexity index is 887. The number of aromatic nitrogens is 4. The van der Waals surface area contributed by atoms with Gasteiger partial charge in [0.25, 0.3) is 0 Å². The van der Waals surface area contributed by atoms with Gasteiger partial charge in [-0.25, -0.2) is 4.98 Å². The molecule has 3 aromatic rings. The number of halogens is 1. The van der Waals surface area contributed by atoms with Crippen LogP contribution in [-0.2, 0) is 13.0 Å². The van der Waals surface area contributed by atoms with Crippen LogP contribution in [0.4, 0.5) is 0 Å². The van der Waals surface area contributed by atoms with Crippen molar-refractivity contribution in [1.82, 2.24) is 19.7 Å². The molecule has 0 unspecified atom stereocenters. The van der Waals surface area contributed by atoms with Crippen molar-refractivity contribution in [3.63, 3.8) is 0 Å². The van der Waals surface area contributed by atoms with Crippen LogP contribution in [0.1, 0.15) is 18.7 Å². The van der Waals surface area contributed by atoms with E-state index < -0.39 is 0 Å². The van der Waals surface area contributed by atoms with Crippen molar-refractivity contribution in [2.75, 3.05) is 6.61 Å². The summed E-state index contributed by atoms with van der Waals surface area (Å²) in [5.74, 6) is 2.26. The third-order valence-electron chi connectivity index (χ3n) is 3.85. The van der Waals surface area contributed by atoms with E-state index in [1.807, 2.05) is 12.1 Å². The molecule has 124 valence electrons. The van der Waals surface area contributed by atoms with Crippen LogP contribution in [0.25, 0.3) is 22.1 Å². The molecule has 1 aromatic carbocycles. The second-order valence-corrected chi connectivity index (χ2v) is 8.23. The van der Waals surface area contributed by atoms with Gasteiger partial charge in [-0.3, -0.25) is 0 Å². The van der Waals surface area contributed by atoms with Crippen LogP contribution in [0.15, 0.2) is 29.0 Å². The summed E-state index contributed by atoms with van der Waals surface area (Å²) in [6.07, 6.45) is 2.65. The minimum absolute atomic E-state index is 0.531. The molecule has 0 N–H and O–H groups in total. The van der Waals surface area contributed by atoms with Crippen LogP contribution in [0.3, 0.4) is 0 Å². The zero-order valence-corrected chi connectivity index (χ0v) is 15.9. The van der Waals surface area contributed by atoms with Crippen LogP contribution in [-0.4, -0.2) is 26.4 Å². The number of ether oxygens (including phenoxy) is 1. The summed E-state index contributed by atoms with van der Waals surface area (Å²) in [5.41, 5.74) is 2.05. The molecule has 24 heavy (non-hydrogen) atoms. The van der Waals surface area contributed by atoms with E-state index in [-0.39, 0.29) is 0 Å². The SMILES string of the molecule is CC(C)Cn1cnnc1-c1nc2c(s1)CCOc1cc(Br)ccc1-2. The Balaban J connectivity index is 1.80. The molecule has 1 aliphatic rings. The van der Waals surface area contributed by atoms with Crippen molar-refractivity contribution in [3.8, 4) is 27.8 Å². The Morgan fingerprint density at radius 1 is 1.38 bits per heavy atom. The predicted molar refractivity (Wildman–Crippen MR) is 98.3 cm³/mol. The summed E-state index contributed by atoms with van der Waals surface area (Å²) in [6.45, 7) is 5.93. The first-order valence-corrected chi connectivity index (χ1v) is 9.53. The first-order valence-electron chi connectivity index (χ1n) is 7.92. The monoisotopic (exact) mass is 404 g/mol. The lowest BCUT2D eigenvalue weighted by Gasteiger charge is -2.08. The normalized spacial score (nSPS) is 13.3. The summed E-state index contributed by atoms with van der Waals surface area (Å²) in [4.78, 5) is 6.13. The van der Waals surface area contributed by atoms with Gasteiger partial charge in [0.1, 0.15) is 12.1 Å². The number of hydrogen-bond acceptors (Lipinski definition) is 5. The fourth-order valence-electron chi connectivity index (χ4n) is 2.84. The van der Waals surface area contributed by atoms with Gasteiger partial charge in [-0.1, -0.05) is 29.8 Å². The standard InChI is InChI=1S/C17H17BrN4OS/c1-10(2)8-22-9-19-21-16(22)17-20-15-12-4-3-11(18)7-13(12)23-6-5-14(15)24-17/h3-4,7,9-10H,5-6,8H2,1-2H3. The maximum atomic E-state index is 5.88. The predicted octanol–water partition coefficient (Wildman–Crippen LogP) is 4.42. The minimum Gasteiger partial charge on any atom is -0.492 e.